The van der Waals surface area contributed by atoms with Crippen LogP contribution in [0.3, 0.4) is 0 Å². The van der Waals surface area contributed by atoms with Crippen molar-refractivity contribution >= 4 is 17.6 Å². The van der Waals surface area contributed by atoms with Gasteiger partial charge in [0.05, 0.1) is 0 Å². The molecular formula is C12H11ClN2O2. The molecule has 5 heteroatoms. The Morgan fingerprint density at radius 2 is 2.18 bits per heavy atom. The number of halogens is 1. The molecular weight excluding hydrogens is 240 g/mol. The third-order valence-electron chi connectivity index (χ3n) is 2.65. The Balaban J connectivity index is 2.70. The lowest BCUT2D eigenvalue weighted by molar-refractivity contribution is 0.0690. The van der Waals surface area contributed by atoms with Crippen LogP contribution >= 0.6 is 11.6 Å². The summed E-state index contributed by atoms with van der Waals surface area (Å²) in [4.78, 5) is 11.1. The van der Waals surface area contributed by atoms with Gasteiger partial charge in [-0.05, 0) is 24.6 Å². The first-order valence-corrected chi connectivity index (χ1v) is 5.41. The highest BCUT2D eigenvalue weighted by Crippen LogP contribution is 2.28. The summed E-state index contributed by atoms with van der Waals surface area (Å²) in [5.74, 6) is -1.04. The number of aromatic carboxylic acids is 1. The fourth-order valence-corrected chi connectivity index (χ4v) is 1.94. The standard InChI is InChI=1S/C12H11ClN2O2/c1-7-10(8-4-3-5-9(13)6-8)11(12(16)17)14-15(7)2/h3-6H,1-2H3,(H,16,17). The Bertz CT molecular complexity index is 590. The van der Waals surface area contributed by atoms with Gasteiger partial charge >= 0.3 is 5.97 Å². The predicted octanol–water partition coefficient (Wildman–Crippen LogP) is 2.75. The van der Waals surface area contributed by atoms with Crippen LogP contribution in [0.1, 0.15) is 16.2 Å². The summed E-state index contributed by atoms with van der Waals surface area (Å²) in [5, 5.41) is 13.7. The molecule has 0 fully saturated rings. The van der Waals surface area contributed by atoms with Crippen LogP contribution < -0.4 is 0 Å². The van der Waals surface area contributed by atoms with Gasteiger partial charge in [-0.2, -0.15) is 5.10 Å². The van der Waals surface area contributed by atoms with E-state index in [2.05, 4.69) is 5.10 Å². The maximum Gasteiger partial charge on any atom is 0.357 e. The molecule has 0 saturated carbocycles. The molecule has 0 aliphatic carbocycles. The van der Waals surface area contributed by atoms with E-state index in [0.717, 1.165) is 11.3 Å². The van der Waals surface area contributed by atoms with Gasteiger partial charge in [0.15, 0.2) is 5.69 Å². The SMILES string of the molecule is Cc1c(-c2cccc(Cl)c2)c(C(=O)O)nn1C. The van der Waals surface area contributed by atoms with Crippen LogP contribution in [0.4, 0.5) is 0 Å². The van der Waals surface area contributed by atoms with Crippen LogP contribution in [-0.2, 0) is 7.05 Å². The van der Waals surface area contributed by atoms with Crippen LogP contribution in [0.2, 0.25) is 5.02 Å². The highest BCUT2D eigenvalue weighted by atomic mass is 35.5. The zero-order chi connectivity index (χ0) is 12.6. The predicted molar refractivity (Wildman–Crippen MR) is 65.4 cm³/mol. The lowest BCUT2D eigenvalue weighted by Gasteiger charge is -2.02. The minimum absolute atomic E-state index is 0.0484. The Morgan fingerprint density at radius 3 is 2.76 bits per heavy atom. The lowest BCUT2D eigenvalue weighted by atomic mass is 10.0. The maximum atomic E-state index is 11.1. The Labute approximate surface area is 103 Å². The van der Waals surface area contributed by atoms with Crippen molar-refractivity contribution in [3.63, 3.8) is 0 Å². The fraction of sp³-hybridized carbons (Fsp3) is 0.167. The second-order valence-corrected chi connectivity index (χ2v) is 4.18. The molecule has 0 saturated heterocycles. The topological polar surface area (TPSA) is 55.1 Å². The number of hydrogen-bond donors (Lipinski definition) is 1. The molecule has 0 radical (unpaired) electrons. The number of aromatic nitrogens is 2. The first-order chi connectivity index (χ1) is 8.00. The summed E-state index contributed by atoms with van der Waals surface area (Å²) in [5.41, 5.74) is 2.22. The quantitative estimate of drug-likeness (QED) is 0.892. The van der Waals surface area contributed by atoms with Crippen molar-refractivity contribution in [3.05, 3.63) is 40.7 Å². The van der Waals surface area contributed by atoms with Crippen molar-refractivity contribution in [1.29, 1.82) is 0 Å². The third-order valence-corrected chi connectivity index (χ3v) is 2.88. The van der Waals surface area contributed by atoms with Crippen molar-refractivity contribution in [2.24, 2.45) is 7.05 Å². The van der Waals surface area contributed by atoms with Gasteiger partial charge in [0, 0.05) is 23.3 Å². The second kappa shape index (κ2) is 4.22. The van der Waals surface area contributed by atoms with Crippen LogP contribution in [0.25, 0.3) is 11.1 Å². The Kier molecular flexibility index (Phi) is 2.90. The fourth-order valence-electron chi connectivity index (χ4n) is 1.75. The summed E-state index contributed by atoms with van der Waals surface area (Å²) in [6.45, 7) is 1.83. The van der Waals surface area contributed by atoms with Gasteiger partial charge in [0.2, 0.25) is 0 Å². The smallest absolute Gasteiger partial charge is 0.357 e. The van der Waals surface area contributed by atoms with Crippen molar-refractivity contribution in [1.82, 2.24) is 9.78 Å². The molecule has 1 heterocycles. The lowest BCUT2D eigenvalue weighted by Crippen LogP contribution is -2.00. The molecule has 4 nitrogen and oxygen atoms in total. The summed E-state index contributed by atoms with van der Waals surface area (Å²) in [7, 11) is 1.72. The number of nitrogens with zero attached hydrogens (tertiary/aromatic N) is 2. The summed E-state index contributed by atoms with van der Waals surface area (Å²) in [6.07, 6.45) is 0. The van der Waals surface area contributed by atoms with Gasteiger partial charge < -0.3 is 5.11 Å². The zero-order valence-corrected chi connectivity index (χ0v) is 10.2. The van der Waals surface area contributed by atoms with Gasteiger partial charge in [-0.15, -0.1) is 0 Å². The average Bonchev–Trinajstić information content (AvgIpc) is 2.56. The highest BCUT2D eigenvalue weighted by molar-refractivity contribution is 6.30. The highest BCUT2D eigenvalue weighted by Gasteiger charge is 2.20. The largest absolute Gasteiger partial charge is 0.476 e. The van der Waals surface area contributed by atoms with E-state index in [0.29, 0.717) is 10.6 Å². The van der Waals surface area contributed by atoms with E-state index in [4.69, 9.17) is 16.7 Å². The van der Waals surface area contributed by atoms with E-state index in [-0.39, 0.29) is 5.69 Å². The molecule has 17 heavy (non-hydrogen) atoms. The van der Waals surface area contributed by atoms with Crippen molar-refractivity contribution in [2.45, 2.75) is 6.92 Å². The molecule has 2 rings (SSSR count). The molecule has 1 aromatic heterocycles. The van der Waals surface area contributed by atoms with Crippen LogP contribution in [0, 0.1) is 6.92 Å². The van der Waals surface area contributed by atoms with Crippen LogP contribution in [0.5, 0.6) is 0 Å². The minimum Gasteiger partial charge on any atom is -0.476 e. The summed E-state index contributed by atoms with van der Waals surface area (Å²) in [6, 6.07) is 7.09. The number of hydrogen-bond acceptors (Lipinski definition) is 2. The van der Waals surface area contributed by atoms with E-state index in [1.54, 1.807) is 29.9 Å². The molecule has 0 bridgehead atoms. The first-order valence-electron chi connectivity index (χ1n) is 5.03. The van der Waals surface area contributed by atoms with Gasteiger partial charge in [-0.3, -0.25) is 4.68 Å². The Hall–Kier alpha value is -1.81. The van der Waals surface area contributed by atoms with Gasteiger partial charge in [-0.1, -0.05) is 23.7 Å². The van der Waals surface area contributed by atoms with E-state index in [9.17, 15) is 4.79 Å². The summed E-state index contributed by atoms with van der Waals surface area (Å²) >= 11 is 5.91. The first kappa shape index (κ1) is 11.7. The molecule has 2 aromatic rings. The van der Waals surface area contributed by atoms with Gasteiger partial charge in [0.1, 0.15) is 0 Å². The third kappa shape index (κ3) is 2.03. The molecule has 0 atom stereocenters. The van der Waals surface area contributed by atoms with Crippen LogP contribution in [-0.4, -0.2) is 20.9 Å². The Morgan fingerprint density at radius 1 is 1.47 bits per heavy atom. The molecule has 0 aliphatic heterocycles. The number of carboxylic acids is 1. The van der Waals surface area contributed by atoms with Crippen LogP contribution in [0.15, 0.2) is 24.3 Å². The van der Waals surface area contributed by atoms with Gasteiger partial charge in [-0.25, -0.2) is 4.79 Å². The molecule has 0 amide bonds. The number of aryl methyl sites for hydroxylation is 1. The molecule has 1 N–H and O–H groups in total. The van der Waals surface area contributed by atoms with Crippen molar-refractivity contribution in [3.8, 4) is 11.1 Å². The molecule has 1 aromatic carbocycles. The molecule has 0 spiro atoms. The number of rotatable bonds is 2. The number of carboxylic acid groups (broad SMARTS) is 1. The zero-order valence-electron chi connectivity index (χ0n) is 9.44. The van der Waals surface area contributed by atoms with E-state index in [1.165, 1.54) is 0 Å². The molecule has 0 aliphatic rings. The van der Waals surface area contributed by atoms with Gasteiger partial charge in [0.25, 0.3) is 0 Å². The second-order valence-electron chi connectivity index (χ2n) is 3.75. The van der Waals surface area contributed by atoms with Crippen molar-refractivity contribution in [2.75, 3.05) is 0 Å². The number of benzene rings is 1. The van der Waals surface area contributed by atoms with E-state index < -0.39 is 5.97 Å². The minimum atomic E-state index is -1.04. The van der Waals surface area contributed by atoms with E-state index >= 15 is 0 Å². The summed E-state index contributed by atoms with van der Waals surface area (Å²) < 4.78 is 1.56. The maximum absolute atomic E-state index is 11.1. The molecule has 0 unspecified atom stereocenters. The van der Waals surface area contributed by atoms with Crippen molar-refractivity contribution < 1.29 is 9.90 Å². The number of carbonyl (C=O) groups is 1. The van der Waals surface area contributed by atoms with E-state index in [1.807, 2.05) is 13.0 Å². The monoisotopic (exact) mass is 250 g/mol. The molecule has 88 valence electrons. The average molecular weight is 251 g/mol. The normalized spacial score (nSPS) is 10.5.